The third-order valence-corrected chi connectivity index (χ3v) is 5.58. The molecule has 0 radical (unpaired) electrons. The summed E-state index contributed by atoms with van der Waals surface area (Å²) < 4.78 is 19.9. The second-order valence-electron chi connectivity index (χ2n) is 7.10. The molecule has 32 heavy (non-hydrogen) atoms. The highest BCUT2D eigenvalue weighted by Crippen LogP contribution is 2.41. The number of carbonyl (C=O) groups is 1. The summed E-state index contributed by atoms with van der Waals surface area (Å²) in [6.45, 7) is 5.46. The molecule has 0 amide bonds. The smallest absolute Gasteiger partial charge is 0.335 e. The first-order valence-corrected chi connectivity index (χ1v) is 10.5. The van der Waals surface area contributed by atoms with Gasteiger partial charge in [-0.05, 0) is 53.0 Å². The number of hydrogen-bond donors (Lipinski definition) is 1. The third-order valence-electron chi connectivity index (χ3n) is 5.19. The van der Waals surface area contributed by atoms with E-state index in [0.717, 1.165) is 33.7 Å². The SMILES string of the molecule is C=CC(=O)Oc1ccccc1/C(=C(\CC)c1cccc(F)c1Cl)c1ccc2[nH]ncc2c1. The molecule has 0 aliphatic heterocycles. The number of allylic oxidation sites excluding steroid dienone is 1. The molecule has 0 atom stereocenters. The molecule has 1 N–H and O–H groups in total. The van der Waals surface area contributed by atoms with Crippen molar-refractivity contribution in [2.45, 2.75) is 13.3 Å². The van der Waals surface area contributed by atoms with Crippen LogP contribution in [0.4, 0.5) is 4.39 Å². The number of H-pyrrole nitrogens is 1. The maximum absolute atomic E-state index is 14.4. The van der Waals surface area contributed by atoms with E-state index in [2.05, 4.69) is 16.8 Å². The first-order chi connectivity index (χ1) is 15.5. The minimum Gasteiger partial charge on any atom is -0.423 e. The molecule has 0 unspecified atom stereocenters. The number of fused-ring (bicyclic) bond motifs is 1. The summed E-state index contributed by atoms with van der Waals surface area (Å²) in [5.74, 6) is -0.687. The van der Waals surface area contributed by atoms with E-state index in [4.69, 9.17) is 16.3 Å². The van der Waals surface area contributed by atoms with Gasteiger partial charge in [0.1, 0.15) is 11.6 Å². The van der Waals surface area contributed by atoms with E-state index in [1.165, 1.54) is 6.07 Å². The molecule has 0 fully saturated rings. The van der Waals surface area contributed by atoms with Gasteiger partial charge in [0.25, 0.3) is 0 Å². The molecule has 0 aliphatic rings. The Morgan fingerprint density at radius 1 is 1.16 bits per heavy atom. The monoisotopic (exact) mass is 446 g/mol. The van der Waals surface area contributed by atoms with Crippen molar-refractivity contribution in [3.05, 3.63) is 107 Å². The first kappa shape index (κ1) is 21.5. The summed E-state index contributed by atoms with van der Waals surface area (Å²) in [7, 11) is 0. The number of aromatic nitrogens is 2. The van der Waals surface area contributed by atoms with E-state index < -0.39 is 11.8 Å². The lowest BCUT2D eigenvalue weighted by molar-refractivity contribution is -0.128. The van der Waals surface area contributed by atoms with E-state index in [1.54, 1.807) is 30.5 Å². The summed E-state index contributed by atoms with van der Waals surface area (Å²) in [6.07, 6.45) is 3.41. The molecule has 4 nitrogen and oxygen atoms in total. The number of carbonyl (C=O) groups excluding carboxylic acids is 1. The number of nitrogens with one attached hydrogen (secondary N) is 1. The average Bonchev–Trinajstić information content (AvgIpc) is 3.28. The molecule has 0 saturated carbocycles. The van der Waals surface area contributed by atoms with Gasteiger partial charge in [0.15, 0.2) is 0 Å². The van der Waals surface area contributed by atoms with Gasteiger partial charge < -0.3 is 4.74 Å². The van der Waals surface area contributed by atoms with Crippen LogP contribution in [0.3, 0.4) is 0 Å². The lowest BCUT2D eigenvalue weighted by Gasteiger charge is -2.19. The first-order valence-electron chi connectivity index (χ1n) is 10.1. The van der Waals surface area contributed by atoms with E-state index >= 15 is 0 Å². The van der Waals surface area contributed by atoms with Crippen LogP contribution in [0.5, 0.6) is 5.75 Å². The normalized spacial score (nSPS) is 11.8. The van der Waals surface area contributed by atoms with Gasteiger partial charge in [0, 0.05) is 17.0 Å². The van der Waals surface area contributed by atoms with Crippen LogP contribution >= 0.6 is 11.6 Å². The van der Waals surface area contributed by atoms with Crippen molar-refractivity contribution in [2.24, 2.45) is 0 Å². The highest BCUT2D eigenvalue weighted by atomic mass is 35.5. The third kappa shape index (κ3) is 4.07. The van der Waals surface area contributed by atoms with Crippen LogP contribution in [0.1, 0.15) is 30.0 Å². The molecule has 0 bridgehead atoms. The molecule has 4 rings (SSSR count). The molecule has 0 aliphatic carbocycles. The van der Waals surface area contributed by atoms with E-state index in [0.29, 0.717) is 23.3 Å². The maximum Gasteiger partial charge on any atom is 0.335 e. The van der Waals surface area contributed by atoms with Crippen molar-refractivity contribution in [3.8, 4) is 5.75 Å². The molecule has 6 heteroatoms. The zero-order chi connectivity index (χ0) is 22.7. The van der Waals surface area contributed by atoms with Crippen molar-refractivity contribution < 1.29 is 13.9 Å². The lowest BCUT2D eigenvalue weighted by atomic mass is 9.87. The highest BCUT2D eigenvalue weighted by molar-refractivity contribution is 6.33. The molecule has 3 aromatic carbocycles. The molecule has 4 aromatic rings. The van der Waals surface area contributed by atoms with Crippen LogP contribution < -0.4 is 4.74 Å². The number of esters is 1. The Hall–Kier alpha value is -3.70. The Labute approximate surface area is 190 Å². The second kappa shape index (κ2) is 9.20. The van der Waals surface area contributed by atoms with Crippen LogP contribution in [-0.4, -0.2) is 16.2 Å². The Bertz CT molecular complexity index is 1360. The molecule has 160 valence electrons. The van der Waals surface area contributed by atoms with Crippen molar-refractivity contribution in [1.82, 2.24) is 10.2 Å². The second-order valence-corrected chi connectivity index (χ2v) is 7.48. The number of hydrogen-bond acceptors (Lipinski definition) is 3. The summed E-state index contributed by atoms with van der Waals surface area (Å²) >= 11 is 6.39. The number of para-hydroxylation sites is 1. The Morgan fingerprint density at radius 3 is 2.72 bits per heavy atom. The average molecular weight is 447 g/mol. The number of aromatic amines is 1. The number of nitrogens with zero attached hydrogens (tertiary/aromatic N) is 1. The molecule has 0 spiro atoms. The minimum atomic E-state index is -0.566. The van der Waals surface area contributed by atoms with Crippen LogP contribution in [0.25, 0.3) is 22.0 Å². The van der Waals surface area contributed by atoms with E-state index in [1.807, 2.05) is 37.3 Å². The Morgan fingerprint density at radius 2 is 1.94 bits per heavy atom. The van der Waals surface area contributed by atoms with Gasteiger partial charge in [-0.25, -0.2) is 9.18 Å². The number of benzene rings is 3. The predicted octanol–water partition coefficient (Wildman–Crippen LogP) is 6.82. The Balaban J connectivity index is 2.06. The zero-order valence-electron chi connectivity index (χ0n) is 17.4. The zero-order valence-corrected chi connectivity index (χ0v) is 18.1. The minimum absolute atomic E-state index is 0.0480. The topological polar surface area (TPSA) is 55.0 Å². The fraction of sp³-hybridized carbons (Fsp3) is 0.0769. The number of halogens is 2. The van der Waals surface area contributed by atoms with E-state index in [-0.39, 0.29) is 5.02 Å². The predicted molar refractivity (Wildman–Crippen MR) is 126 cm³/mol. The molecular weight excluding hydrogens is 427 g/mol. The van der Waals surface area contributed by atoms with Gasteiger partial charge in [-0.2, -0.15) is 5.10 Å². The summed E-state index contributed by atoms with van der Waals surface area (Å²) in [5.41, 5.74) is 4.62. The van der Waals surface area contributed by atoms with Crippen LogP contribution in [0, 0.1) is 5.82 Å². The van der Waals surface area contributed by atoms with Crippen molar-refractivity contribution in [3.63, 3.8) is 0 Å². The van der Waals surface area contributed by atoms with Gasteiger partial charge in [-0.1, -0.05) is 61.5 Å². The van der Waals surface area contributed by atoms with Crippen molar-refractivity contribution in [1.29, 1.82) is 0 Å². The van der Waals surface area contributed by atoms with Gasteiger partial charge in [-0.3, -0.25) is 5.10 Å². The molecule has 1 aromatic heterocycles. The van der Waals surface area contributed by atoms with Crippen molar-refractivity contribution in [2.75, 3.05) is 0 Å². The van der Waals surface area contributed by atoms with Gasteiger partial charge in [0.05, 0.1) is 16.7 Å². The van der Waals surface area contributed by atoms with E-state index in [9.17, 15) is 9.18 Å². The summed E-state index contributed by atoms with van der Waals surface area (Å²) in [5, 5.41) is 8.01. The maximum atomic E-state index is 14.4. The molecule has 0 saturated heterocycles. The summed E-state index contributed by atoms with van der Waals surface area (Å²) in [4.78, 5) is 12.0. The van der Waals surface area contributed by atoms with Gasteiger partial charge >= 0.3 is 5.97 Å². The lowest BCUT2D eigenvalue weighted by Crippen LogP contribution is -2.06. The van der Waals surface area contributed by atoms with Crippen LogP contribution in [0.2, 0.25) is 5.02 Å². The fourth-order valence-corrected chi connectivity index (χ4v) is 3.98. The van der Waals surface area contributed by atoms with Crippen LogP contribution in [-0.2, 0) is 4.79 Å². The van der Waals surface area contributed by atoms with Gasteiger partial charge in [-0.15, -0.1) is 0 Å². The Kier molecular flexibility index (Phi) is 6.19. The summed E-state index contributed by atoms with van der Waals surface area (Å²) in [6, 6.07) is 17.8. The largest absolute Gasteiger partial charge is 0.423 e. The highest BCUT2D eigenvalue weighted by Gasteiger charge is 2.20. The van der Waals surface area contributed by atoms with Crippen molar-refractivity contribution >= 4 is 39.6 Å². The molecule has 1 heterocycles. The number of ether oxygens (including phenoxy) is 1. The quantitative estimate of drug-likeness (QED) is 0.153. The molecular formula is C26H20ClFN2O2. The number of rotatable bonds is 6. The van der Waals surface area contributed by atoms with Crippen LogP contribution in [0.15, 0.2) is 79.5 Å². The standard InChI is InChI=1S/C26H20ClFN2O2/c1-3-18(19-9-7-10-21(28)26(19)27)25(16-12-13-22-17(14-16)15-29-30-22)20-8-5-6-11-23(20)32-24(31)4-2/h4-15H,2-3H2,1H3,(H,29,30)/b25-18+. The fourth-order valence-electron chi connectivity index (χ4n) is 3.74. The van der Waals surface area contributed by atoms with Gasteiger partial charge in [0.2, 0.25) is 0 Å².